The largest absolute Gasteiger partial charge is 0.573 e. The first-order valence-corrected chi connectivity index (χ1v) is 17.1. The first-order valence-electron chi connectivity index (χ1n) is 13.4. The minimum Gasteiger partial charge on any atom is -0.493 e. The lowest BCUT2D eigenvalue weighted by Gasteiger charge is -2.27. The molecule has 3 rings (SSSR count). The summed E-state index contributed by atoms with van der Waals surface area (Å²) in [6, 6.07) is 11.2. The number of rotatable bonds is 14. The number of anilines is 1. The van der Waals surface area contributed by atoms with Crippen LogP contribution in [0.3, 0.4) is 0 Å². The molecule has 1 atom stereocenters. The molecule has 1 heterocycles. The van der Waals surface area contributed by atoms with E-state index in [0.717, 1.165) is 18.2 Å². The first-order chi connectivity index (χ1) is 19.0. The van der Waals surface area contributed by atoms with Gasteiger partial charge in [-0.2, -0.15) is 0 Å². The molecule has 12 heteroatoms. The topological polar surface area (TPSA) is 75.7 Å². The van der Waals surface area contributed by atoms with E-state index in [4.69, 9.17) is 23.7 Å². The number of nitrogens with zero attached hydrogens (tertiary/aromatic N) is 1. The Labute approximate surface area is 240 Å². The van der Waals surface area contributed by atoms with E-state index >= 15 is 0 Å². The SMILES string of the molecule is COc1cc(N2CCC(C)(Oc3ccc(OC(F)(F)F)cc3)C2=O)ccc1OCC(C)(C)OCOCC[Si](C)(C)C. The van der Waals surface area contributed by atoms with E-state index in [0.29, 0.717) is 36.8 Å². The molecule has 0 aliphatic carbocycles. The molecule has 1 fully saturated rings. The number of alkyl halides is 3. The Hall–Kier alpha value is -2.96. The average molecular weight is 600 g/mol. The van der Waals surface area contributed by atoms with Crippen molar-refractivity contribution >= 4 is 19.7 Å². The summed E-state index contributed by atoms with van der Waals surface area (Å²) in [5, 5.41) is 0. The fraction of sp³-hybridized carbons (Fsp3) is 0.552. The van der Waals surface area contributed by atoms with Crippen molar-refractivity contribution in [3.63, 3.8) is 0 Å². The number of benzene rings is 2. The molecule has 2 aromatic rings. The molecule has 0 spiro atoms. The van der Waals surface area contributed by atoms with Crippen LogP contribution in [0.25, 0.3) is 0 Å². The summed E-state index contributed by atoms with van der Waals surface area (Å²) in [4.78, 5) is 14.9. The number of halogens is 3. The van der Waals surface area contributed by atoms with E-state index in [-0.39, 0.29) is 30.8 Å². The maximum Gasteiger partial charge on any atom is 0.573 e. The lowest BCUT2D eigenvalue weighted by Crippen LogP contribution is -2.42. The number of hydrogen-bond donors (Lipinski definition) is 0. The van der Waals surface area contributed by atoms with Crippen molar-refractivity contribution in [1.82, 2.24) is 0 Å². The van der Waals surface area contributed by atoms with Gasteiger partial charge in [0, 0.05) is 39.4 Å². The van der Waals surface area contributed by atoms with Crippen molar-refractivity contribution in [3.8, 4) is 23.0 Å². The minimum atomic E-state index is -4.79. The maximum atomic E-state index is 13.4. The van der Waals surface area contributed by atoms with E-state index in [1.807, 2.05) is 13.8 Å². The van der Waals surface area contributed by atoms with Crippen LogP contribution in [0.1, 0.15) is 27.2 Å². The molecule has 1 aliphatic rings. The quantitative estimate of drug-likeness (QED) is 0.137. The zero-order valence-electron chi connectivity index (χ0n) is 24.7. The highest BCUT2D eigenvalue weighted by Gasteiger charge is 2.46. The highest BCUT2D eigenvalue weighted by molar-refractivity contribution is 6.76. The Kier molecular flexibility index (Phi) is 10.2. The van der Waals surface area contributed by atoms with Crippen LogP contribution in [0.15, 0.2) is 42.5 Å². The number of methoxy groups -OCH3 is 1. The predicted octanol–water partition coefficient (Wildman–Crippen LogP) is 6.65. The monoisotopic (exact) mass is 599 g/mol. The molecule has 41 heavy (non-hydrogen) atoms. The van der Waals surface area contributed by atoms with Gasteiger partial charge in [0.2, 0.25) is 0 Å². The fourth-order valence-corrected chi connectivity index (χ4v) is 4.76. The van der Waals surface area contributed by atoms with Crippen LogP contribution in [-0.4, -0.2) is 65.2 Å². The van der Waals surface area contributed by atoms with Gasteiger partial charge in [0.05, 0.1) is 12.7 Å². The molecule has 0 N–H and O–H groups in total. The summed E-state index contributed by atoms with van der Waals surface area (Å²) in [5.41, 5.74) is -1.20. The highest BCUT2D eigenvalue weighted by Crippen LogP contribution is 2.37. The van der Waals surface area contributed by atoms with Gasteiger partial charge in [-0.25, -0.2) is 0 Å². The van der Waals surface area contributed by atoms with Crippen LogP contribution in [0.5, 0.6) is 23.0 Å². The lowest BCUT2D eigenvalue weighted by atomic mass is 10.1. The Bertz CT molecular complexity index is 1170. The van der Waals surface area contributed by atoms with Crippen molar-refractivity contribution in [1.29, 1.82) is 0 Å². The lowest BCUT2D eigenvalue weighted by molar-refractivity contribution is -0.274. The summed E-state index contributed by atoms with van der Waals surface area (Å²) < 4.78 is 70.1. The van der Waals surface area contributed by atoms with Gasteiger partial charge in [0.1, 0.15) is 24.9 Å². The van der Waals surface area contributed by atoms with Gasteiger partial charge in [-0.3, -0.25) is 4.79 Å². The third-order valence-corrected chi connectivity index (χ3v) is 8.18. The Morgan fingerprint density at radius 2 is 1.66 bits per heavy atom. The zero-order valence-corrected chi connectivity index (χ0v) is 25.7. The number of hydrogen-bond acceptors (Lipinski definition) is 7. The van der Waals surface area contributed by atoms with Crippen molar-refractivity contribution in [2.24, 2.45) is 0 Å². The van der Waals surface area contributed by atoms with Crippen molar-refractivity contribution < 1.29 is 46.4 Å². The molecule has 1 amide bonds. The van der Waals surface area contributed by atoms with Crippen LogP contribution in [0.4, 0.5) is 18.9 Å². The van der Waals surface area contributed by atoms with Crippen LogP contribution in [0, 0.1) is 0 Å². The van der Waals surface area contributed by atoms with Gasteiger partial charge >= 0.3 is 6.36 Å². The number of carbonyl (C=O) groups excluding carboxylic acids is 1. The summed E-state index contributed by atoms with van der Waals surface area (Å²) in [6.45, 7) is 13.8. The standard InChI is InChI=1S/C29H40F3NO7Si/c1-27(2,38-20-36-16-17-41(5,6)7)19-37-24-13-8-21(18-25(24)35-4)33-15-14-28(3,26(33)34)39-22-9-11-23(12-10-22)40-29(30,31)32/h8-13,18H,14-17,19-20H2,1-7H3. The van der Waals surface area contributed by atoms with Gasteiger partial charge in [0.15, 0.2) is 17.1 Å². The van der Waals surface area contributed by atoms with E-state index in [9.17, 15) is 18.0 Å². The fourth-order valence-electron chi connectivity index (χ4n) is 4.00. The van der Waals surface area contributed by atoms with Gasteiger partial charge in [-0.1, -0.05) is 19.6 Å². The molecular formula is C29H40F3NO7Si. The van der Waals surface area contributed by atoms with E-state index in [2.05, 4.69) is 24.4 Å². The van der Waals surface area contributed by atoms with Crippen LogP contribution >= 0.6 is 0 Å². The maximum absolute atomic E-state index is 13.4. The first kappa shape index (κ1) is 32.6. The minimum absolute atomic E-state index is 0.181. The molecule has 1 aliphatic heterocycles. The second-order valence-electron chi connectivity index (χ2n) is 11.9. The molecule has 0 bridgehead atoms. The van der Waals surface area contributed by atoms with Gasteiger partial charge < -0.3 is 33.3 Å². The van der Waals surface area contributed by atoms with Gasteiger partial charge in [0.25, 0.3) is 5.91 Å². The Morgan fingerprint density at radius 1 is 1.00 bits per heavy atom. The van der Waals surface area contributed by atoms with Crippen LogP contribution in [0.2, 0.25) is 25.7 Å². The highest BCUT2D eigenvalue weighted by atomic mass is 28.3. The van der Waals surface area contributed by atoms with Gasteiger partial charge in [-0.15, -0.1) is 13.2 Å². The third kappa shape index (κ3) is 9.82. The van der Waals surface area contributed by atoms with E-state index in [1.54, 1.807) is 30.0 Å². The second-order valence-corrected chi connectivity index (χ2v) is 17.5. The molecule has 1 unspecified atom stereocenters. The summed E-state index contributed by atoms with van der Waals surface area (Å²) >= 11 is 0. The molecule has 8 nitrogen and oxygen atoms in total. The summed E-state index contributed by atoms with van der Waals surface area (Å²) in [6.07, 6.45) is -4.41. The molecule has 1 saturated heterocycles. The molecule has 228 valence electrons. The summed E-state index contributed by atoms with van der Waals surface area (Å²) in [7, 11) is 0.356. The van der Waals surface area contributed by atoms with Crippen LogP contribution in [-0.2, 0) is 14.3 Å². The molecule has 0 aromatic heterocycles. The normalized spacial score (nSPS) is 18.0. The molecule has 0 saturated carbocycles. The van der Waals surface area contributed by atoms with Crippen molar-refractivity contribution in [2.75, 3.05) is 38.6 Å². The molecule has 2 aromatic carbocycles. The number of carbonyl (C=O) groups is 1. The third-order valence-electron chi connectivity index (χ3n) is 6.47. The van der Waals surface area contributed by atoms with E-state index in [1.165, 1.54) is 19.2 Å². The van der Waals surface area contributed by atoms with Crippen molar-refractivity contribution in [2.45, 2.75) is 70.4 Å². The van der Waals surface area contributed by atoms with Gasteiger partial charge in [-0.05, 0) is 63.2 Å². The molecule has 0 radical (unpaired) electrons. The Balaban J connectivity index is 1.58. The van der Waals surface area contributed by atoms with E-state index < -0.39 is 25.6 Å². The van der Waals surface area contributed by atoms with Crippen molar-refractivity contribution in [3.05, 3.63) is 42.5 Å². The molecular weight excluding hydrogens is 559 g/mol. The average Bonchev–Trinajstić information content (AvgIpc) is 3.15. The smallest absolute Gasteiger partial charge is 0.493 e. The zero-order chi connectivity index (χ0) is 30.5. The second kappa shape index (κ2) is 12.9. The van der Waals surface area contributed by atoms with Crippen LogP contribution < -0.4 is 23.8 Å². The summed E-state index contributed by atoms with van der Waals surface area (Å²) in [5.74, 6) is 0.550. The number of ether oxygens (including phenoxy) is 6. The predicted molar refractivity (Wildman–Crippen MR) is 152 cm³/mol. The number of amides is 1. The Morgan fingerprint density at radius 3 is 2.27 bits per heavy atom.